The molecule has 0 aromatic heterocycles. The van der Waals surface area contributed by atoms with Crippen LogP contribution in [0, 0.1) is 5.92 Å². The van der Waals surface area contributed by atoms with Crippen molar-refractivity contribution < 1.29 is 14.6 Å². The SMILES string of the molecule is O=C(COc1ccccc1)NCC(O)C1CCCCC1. The predicted molar refractivity (Wildman–Crippen MR) is 77.5 cm³/mol. The van der Waals surface area contributed by atoms with Crippen LogP contribution in [-0.4, -0.2) is 30.3 Å². The first kappa shape index (κ1) is 14.9. The van der Waals surface area contributed by atoms with Gasteiger partial charge < -0.3 is 15.2 Å². The average Bonchev–Trinajstić information content (AvgIpc) is 2.52. The molecule has 1 aromatic carbocycles. The highest BCUT2D eigenvalue weighted by Crippen LogP contribution is 2.26. The van der Waals surface area contributed by atoms with E-state index < -0.39 is 6.10 Å². The van der Waals surface area contributed by atoms with E-state index >= 15 is 0 Å². The zero-order chi connectivity index (χ0) is 14.2. The Morgan fingerprint density at radius 1 is 1.25 bits per heavy atom. The maximum absolute atomic E-state index is 11.7. The third-order valence-corrected chi connectivity index (χ3v) is 3.82. The van der Waals surface area contributed by atoms with Gasteiger partial charge in [-0.25, -0.2) is 0 Å². The fraction of sp³-hybridized carbons (Fsp3) is 0.562. The number of hydrogen-bond acceptors (Lipinski definition) is 3. The molecule has 1 unspecified atom stereocenters. The summed E-state index contributed by atoms with van der Waals surface area (Å²) in [4.78, 5) is 11.7. The number of carbonyl (C=O) groups is 1. The fourth-order valence-electron chi connectivity index (χ4n) is 2.62. The van der Waals surface area contributed by atoms with Gasteiger partial charge in [-0.1, -0.05) is 37.5 Å². The van der Waals surface area contributed by atoms with Gasteiger partial charge >= 0.3 is 0 Å². The maximum Gasteiger partial charge on any atom is 0.258 e. The standard InChI is InChI=1S/C16H23NO3/c18-15(13-7-3-1-4-8-13)11-17-16(19)12-20-14-9-5-2-6-10-14/h2,5-6,9-10,13,15,18H,1,3-4,7-8,11-12H2,(H,17,19). The minimum atomic E-state index is -0.434. The van der Waals surface area contributed by atoms with Crippen molar-refractivity contribution in [3.8, 4) is 5.75 Å². The Morgan fingerprint density at radius 2 is 1.95 bits per heavy atom. The Labute approximate surface area is 120 Å². The molecule has 0 saturated heterocycles. The summed E-state index contributed by atoms with van der Waals surface area (Å²) in [6.45, 7) is 0.309. The number of ether oxygens (including phenoxy) is 1. The summed E-state index contributed by atoms with van der Waals surface area (Å²) >= 11 is 0. The molecule has 0 heterocycles. The fourth-order valence-corrected chi connectivity index (χ4v) is 2.62. The minimum Gasteiger partial charge on any atom is -0.484 e. The van der Waals surface area contributed by atoms with Crippen LogP contribution in [0.25, 0.3) is 0 Å². The molecular weight excluding hydrogens is 254 g/mol. The molecule has 1 atom stereocenters. The largest absolute Gasteiger partial charge is 0.484 e. The Balaban J connectivity index is 1.64. The smallest absolute Gasteiger partial charge is 0.258 e. The van der Waals surface area contributed by atoms with E-state index in [1.165, 1.54) is 19.3 Å². The zero-order valence-corrected chi connectivity index (χ0v) is 11.8. The number of aliphatic hydroxyl groups excluding tert-OH is 1. The number of benzene rings is 1. The van der Waals surface area contributed by atoms with Crippen molar-refractivity contribution >= 4 is 5.91 Å². The lowest BCUT2D eigenvalue weighted by Crippen LogP contribution is -2.39. The minimum absolute atomic E-state index is 0.0125. The van der Waals surface area contributed by atoms with Gasteiger partial charge in [0, 0.05) is 6.54 Å². The van der Waals surface area contributed by atoms with Gasteiger partial charge in [0.2, 0.25) is 0 Å². The lowest BCUT2D eigenvalue weighted by Gasteiger charge is -2.26. The molecule has 1 saturated carbocycles. The van der Waals surface area contributed by atoms with E-state index in [2.05, 4.69) is 5.32 Å². The third-order valence-electron chi connectivity index (χ3n) is 3.82. The molecule has 4 heteroatoms. The van der Waals surface area contributed by atoms with Crippen molar-refractivity contribution in [2.75, 3.05) is 13.2 Å². The van der Waals surface area contributed by atoms with Crippen LogP contribution in [0.15, 0.2) is 30.3 Å². The molecule has 4 nitrogen and oxygen atoms in total. The van der Waals surface area contributed by atoms with Crippen molar-refractivity contribution in [1.29, 1.82) is 0 Å². The highest BCUT2D eigenvalue weighted by atomic mass is 16.5. The van der Waals surface area contributed by atoms with Gasteiger partial charge in [-0.3, -0.25) is 4.79 Å². The Kier molecular flexibility index (Phi) is 5.87. The van der Waals surface area contributed by atoms with Crippen LogP contribution < -0.4 is 10.1 Å². The number of rotatable bonds is 6. The van der Waals surface area contributed by atoms with Crippen LogP contribution in [0.4, 0.5) is 0 Å². The Hall–Kier alpha value is -1.55. The van der Waals surface area contributed by atoms with E-state index in [4.69, 9.17) is 4.74 Å². The Bertz CT molecular complexity index is 401. The molecule has 1 aromatic rings. The van der Waals surface area contributed by atoms with Crippen LogP contribution in [0.2, 0.25) is 0 Å². The number of amides is 1. The first-order chi connectivity index (χ1) is 9.75. The maximum atomic E-state index is 11.7. The number of carbonyl (C=O) groups excluding carboxylic acids is 1. The first-order valence-electron chi connectivity index (χ1n) is 7.38. The van der Waals surface area contributed by atoms with Crippen molar-refractivity contribution in [3.05, 3.63) is 30.3 Å². The summed E-state index contributed by atoms with van der Waals surface area (Å²) in [6, 6.07) is 9.24. The molecule has 1 aliphatic rings. The topological polar surface area (TPSA) is 58.6 Å². The van der Waals surface area contributed by atoms with Gasteiger partial charge in [0.1, 0.15) is 5.75 Å². The monoisotopic (exact) mass is 277 g/mol. The summed E-state index contributed by atoms with van der Waals surface area (Å²) < 4.78 is 5.35. The van der Waals surface area contributed by atoms with Crippen molar-refractivity contribution in [2.45, 2.75) is 38.2 Å². The third kappa shape index (κ3) is 4.85. The van der Waals surface area contributed by atoms with Crippen molar-refractivity contribution in [1.82, 2.24) is 5.32 Å². The van der Waals surface area contributed by atoms with Crippen LogP contribution in [0.3, 0.4) is 0 Å². The lowest BCUT2D eigenvalue weighted by molar-refractivity contribution is -0.123. The molecule has 0 radical (unpaired) electrons. The van der Waals surface area contributed by atoms with Gasteiger partial charge in [0.05, 0.1) is 6.10 Å². The quantitative estimate of drug-likeness (QED) is 0.837. The number of para-hydroxylation sites is 1. The van der Waals surface area contributed by atoms with E-state index in [0.29, 0.717) is 18.2 Å². The molecular formula is C16H23NO3. The van der Waals surface area contributed by atoms with E-state index in [-0.39, 0.29) is 12.5 Å². The van der Waals surface area contributed by atoms with Gasteiger partial charge in [-0.2, -0.15) is 0 Å². The molecule has 1 aliphatic carbocycles. The van der Waals surface area contributed by atoms with Gasteiger partial charge in [0.25, 0.3) is 5.91 Å². The Morgan fingerprint density at radius 3 is 2.65 bits per heavy atom. The van der Waals surface area contributed by atoms with E-state index in [9.17, 15) is 9.90 Å². The van der Waals surface area contributed by atoms with Gasteiger partial charge in [-0.05, 0) is 30.9 Å². The van der Waals surface area contributed by atoms with Crippen molar-refractivity contribution in [2.24, 2.45) is 5.92 Å². The number of hydrogen-bond donors (Lipinski definition) is 2. The highest BCUT2D eigenvalue weighted by Gasteiger charge is 2.21. The van der Waals surface area contributed by atoms with Crippen LogP contribution in [-0.2, 0) is 4.79 Å². The molecule has 2 N–H and O–H groups in total. The molecule has 0 spiro atoms. The summed E-state index contributed by atoms with van der Waals surface area (Å²) in [5, 5.41) is 12.8. The second-order valence-corrected chi connectivity index (χ2v) is 5.37. The van der Waals surface area contributed by atoms with Crippen molar-refractivity contribution in [3.63, 3.8) is 0 Å². The molecule has 20 heavy (non-hydrogen) atoms. The van der Waals surface area contributed by atoms with Gasteiger partial charge in [0.15, 0.2) is 6.61 Å². The van der Waals surface area contributed by atoms with E-state index in [1.54, 1.807) is 0 Å². The van der Waals surface area contributed by atoms with Crippen LogP contribution >= 0.6 is 0 Å². The van der Waals surface area contributed by atoms with Crippen LogP contribution in [0.5, 0.6) is 5.75 Å². The molecule has 0 aliphatic heterocycles. The van der Waals surface area contributed by atoms with E-state index in [1.807, 2.05) is 30.3 Å². The summed E-state index contributed by atoms with van der Waals surface area (Å²) in [5.74, 6) is 0.818. The lowest BCUT2D eigenvalue weighted by atomic mass is 9.85. The molecule has 1 fully saturated rings. The molecule has 2 rings (SSSR count). The van der Waals surface area contributed by atoms with Crippen LogP contribution in [0.1, 0.15) is 32.1 Å². The highest BCUT2D eigenvalue weighted by molar-refractivity contribution is 5.77. The zero-order valence-electron chi connectivity index (χ0n) is 11.8. The molecule has 0 bridgehead atoms. The van der Waals surface area contributed by atoms with Gasteiger partial charge in [-0.15, -0.1) is 0 Å². The summed E-state index contributed by atoms with van der Waals surface area (Å²) in [6.07, 6.45) is 5.34. The van der Waals surface area contributed by atoms with E-state index in [0.717, 1.165) is 12.8 Å². The average molecular weight is 277 g/mol. The summed E-state index contributed by atoms with van der Waals surface area (Å²) in [7, 11) is 0. The summed E-state index contributed by atoms with van der Waals surface area (Å²) in [5.41, 5.74) is 0. The first-order valence-corrected chi connectivity index (χ1v) is 7.38. The predicted octanol–water partition coefficient (Wildman–Crippen LogP) is 2.12. The number of nitrogens with one attached hydrogen (secondary N) is 1. The normalized spacial score (nSPS) is 17.4. The second-order valence-electron chi connectivity index (χ2n) is 5.37. The molecule has 1 amide bonds. The number of aliphatic hydroxyl groups is 1. The second kappa shape index (κ2) is 7.90. The molecule has 110 valence electrons.